The van der Waals surface area contributed by atoms with Crippen LogP contribution in [0.5, 0.6) is 0 Å². The number of carboxylic acids is 1. The van der Waals surface area contributed by atoms with Crippen LogP contribution in [0.3, 0.4) is 0 Å². The largest absolute Gasteiger partial charge is 0.479 e. The molecule has 82 valence electrons. The Balaban J connectivity index is 3.49. The van der Waals surface area contributed by atoms with Gasteiger partial charge in [-0.25, -0.2) is 18.0 Å². The van der Waals surface area contributed by atoms with Gasteiger partial charge in [-0.15, -0.1) is 0 Å². The van der Waals surface area contributed by atoms with E-state index in [1.807, 2.05) is 0 Å². The summed E-state index contributed by atoms with van der Waals surface area (Å²) in [7, 11) is 0. The van der Waals surface area contributed by atoms with Crippen LogP contribution in [0.15, 0.2) is 12.1 Å². The van der Waals surface area contributed by atoms with Crippen molar-refractivity contribution in [1.82, 2.24) is 0 Å². The highest BCUT2D eigenvalue weighted by molar-refractivity contribution is 6.30. The average molecular weight is 239 g/mol. The molecule has 0 aromatic heterocycles. The lowest BCUT2D eigenvalue weighted by Gasteiger charge is -2.17. The third-order valence-electron chi connectivity index (χ3n) is 1.92. The van der Waals surface area contributed by atoms with Crippen LogP contribution in [-0.2, 0) is 10.5 Å². The van der Waals surface area contributed by atoms with Gasteiger partial charge < -0.3 is 5.11 Å². The fraction of sp³-hybridized carbons (Fsp3) is 0.222. The molecular weight excluding hydrogens is 233 g/mol. The number of halogens is 4. The maximum Gasteiger partial charge on any atom is 0.346 e. The number of alkyl halides is 1. The second-order valence-electron chi connectivity index (χ2n) is 3.03. The number of carboxylic acid groups (broad SMARTS) is 1. The molecule has 0 saturated heterocycles. The summed E-state index contributed by atoms with van der Waals surface area (Å²) in [5, 5.41) is 7.95. The van der Waals surface area contributed by atoms with Crippen molar-refractivity contribution < 1.29 is 23.1 Å². The molecule has 0 aliphatic rings. The Labute approximate surface area is 88.3 Å². The fourth-order valence-corrected chi connectivity index (χ4v) is 1.22. The molecule has 1 rings (SSSR count). The standard InChI is InChI=1S/C9H6ClF3O2/c1-9(13,8(14)15)6-5(11)3-2-4(10)7(6)12/h2-3H,1H3,(H,14,15). The van der Waals surface area contributed by atoms with Crippen LogP contribution in [0.25, 0.3) is 0 Å². The summed E-state index contributed by atoms with van der Waals surface area (Å²) in [5.74, 6) is -4.67. The Bertz CT molecular complexity index is 418. The molecule has 0 fully saturated rings. The third-order valence-corrected chi connectivity index (χ3v) is 2.21. The van der Waals surface area contributed by atoms with Crippen molar-refractivity contribution >= 4 is 17.6 Å². The summed E-state index contributed by atoms with van der Waals surface area (Å²) in [6, 6.07) is 1.59. The summed E-state index contributed by atoms with van der Waals surface area (Å²) < 4.78 is 39.8. The lowest BCUT2D eigenvalue weighted by molar-refractivity contribution is -0.150. The first-order valence-electron chi connectivity index (χ1n) is 3.84. The third kappa shape index (κ3) is 1.92. The minimum absolute atomic E-state index is 0.531. The van der Waals surface area contributed by atoms with Gasteiger partial charge in [0.15, 0.2) is 5.82 Å². The molecule has 0 aliphatic heterocycles. The summed E-state index contributed by atoms with van der Waals surface area (Å²) in [6.07, 6.45) is 0. The average Bonchev–Trinajstić information content (AvgIpc) is 2.11. The van der Waals surface area contributed by atoms with Crippen LogP contribution in [0, 0.1) is 11.6 Å². The van der Waals surface area contributed by atoms with E-state index in [0.29, 0.717) is 13.0 Å². The van der Waals surface area contributed by atoms with Gasteiger partial charge in [0.05, 0.1) is 10.6 Å². The summed E-state index contributed by atoms with van der Waals surface area (Å²) in [5.41, 5.74) is -4.35. The minimum Gasteiger partial charge on any atom is -0.479 e. The highest BCUT2D eigenvalue weighted by atomic mass is 35.5. The molecule has 0 radical (unpaired) electrons. The van der Waals surface area contributed by atoms with E-state index in [0.717, 1.165) is 6.07 Å². The smallest absolute Gasteiger partial charge is 0.346 e. The zero-order chi connectivity index (χ0) is 11.8. The maximum absolute atomic E-state index is 13.5. The molecule has 0 amide bonds. The second kappa shape index (κ2) is 3.73. The van der Waals surface area contributed by atoms with Crippen LogP contribution in [0.1, 0.15) is 12.5 Å². The molecule has 0 spiro atoms. The van der Waals surface area contributed by atoms with E-state index in [1.54, 1.807) is 0 Å². The normalized spacial score (nSPS) is 14.7. The molecule has 1 unspecified atom stereocenters. The maximum atomic E-state index is 13.5. The van der Waals surface area contributed by atoms with Gasteiger partial charge >= 0.3 is 5.97 Å². The van der Waals surface area contributed by atoms with Crippen LogP contribution in [0.2, 0.25) is 5.02 Å². The minimum atomic E-state index is -3.15. The van der Waals surface area contributed by atoms with Crippen molar-refractivity contribution in [3.8, 4) is 0 Å². The van der Waals surface area contributed by atoms with Gasteiger partial charge in [-0.05, 0) is 19.1 Å². The van der Waals surface area contributed by atoms with E-state index in [1.165, 1.54) is 0 Å². The first kappa shape index (κ1) is 11.8. The number of benzene rings is 1. The number of hydrogen-bond donors (Lipinski definition) is 1. The van der Waals surface area contributed by atoms with Gasteiger partial charge in [-0.3, -0.25) is 0 Å². The molecule has 1 aromatic rings. The zero-order valence-corrected chi connectivity index (χ0v) is 8.28. The number of carbonyl (C=O) groups is 1. The van der Waals surface area contributed by atoms with E-state index >= 15 is 0 Å². The molecule has 2 nitrogen and oxygen atoms in total. The highest BCUT2D eigenvalue weighted by Crippen LogP contribution is 2.33. The lowest BCUT2D eigenvalue weighted by atomic mass is 9.97. The molecular formula is C9H6ClF3O2. The Morgan fingerprint density at radius 2 is 2.00 bits per heavy atom. The van der Waals surface area contributed by atoms with Crippen LogP contribution >= 0.6 is 11.6 Å². The van der Waals surface area contributed by atoms with Crippen molar-refractivity contribution in [1.29, 1.82) is 0 Å². The monoisotopic (exact) mass is 238 g/mol. The van der Waals surface area contributed by atoms with E-state index in [9.17, 15) is 18.0 Å². The molecule has 15 heavy (non-hydrogen) atoms. The van der Waals surface area contributed by atoms with Crippen molar-refractivity contribution in [3.05, 3.63) is 34.4 Å². The van der Waals surface area contributed by atoms with Crippen LogP contribution in [0.4, 0.5) is 13.2 Å². The van der Waals surface area contributed by atoms with Crippen molar-refractivity contribution in [3.63, 3.8) is 0 Å². The Hall–Kier alpha value is -1.23. The predicted octanol–water partition coefficient (Wildman–Crippen LogP) is 2.89. The Kier molecular flexibility index (Phi) is 2.95. The first-order chi connectivity index (χ1) is 6.78. The van der Waals surface area contributed by atoms with E-state index in [4.69, 9.17) is 16.7 Å². The molecule has 0 saturated carbocycles. The molecule has 1 aromatic carbocycles. The molecule has 1 N–H and O–H groups in total. The molecule has 6 heteroatoms. The highest BCUT2D eigenvalue weighted by Gasteiger charge is 2.41. The number of aliphatic carboxylic acids is 1. The van der Waals surface area contributed by atoms with E-state index in [-0.39, 0.29) is 0 Å². The lowest BCUT2D eigenvalue weighted by Crippen LogP contribution is -2.29. The van der Waals surface area contributed by atoms with Crippen LogP contribution < -0.4 is 0 Å². The van der Waals surface area contributed by atoms with Crippen molar-refractivity contribution in [2.24, 2.45) is 0 Å². The summed E-state index contributed by atoms with van der Waals surface area (Å²) in [4.78, 5) is 10.5. The van der Waals surface area contributed by atoms with Gasteiger partial charge in [-0.2, -0.15) is 0 Å². The van der Waals surface area contributed by atoms with Crippen LogP contribution in [-0.4, -0.2) is 11.1 Å². The first-order valence-corrected chi connectivity index (χ1v) is 4.22. The topological polar surface area (TPSA) is 37.3 Å². The SMILES string of the molecule is CC(F)(C(=O)O)c1c(F)ccc(Cl)c1F. The van der Waals surface area contributed by atoms with Gasteiger partial charge in [0.25, 0.3) is 0 Å². The van der Waals surface area contributed by atoms with Gasteiger partial charge in [0, 0.05) is 0 Å². The molecule has 0 bridgehead atoms. The fourth-order valence-electron chi connectivity index (χ4n) is 1.06. The number of hydrogen-bond acceptors (Lipinski definition) is 1. The Morgan fingerprint density at radius 1 is 1.47 bits per heavy atom. The van der Waals surface area contributed by atoms with Gasteiger partial charge in [-0.1, -0.05) is 11.6 Å². The molecule has 0 aliphatic carbocycles. The van der Waals surface area contributed by atoms with Gasteiger partial charge in [0.1, 0.15) is 5.82 Å². The van der Waals surface area contributed by atoms with E-state index in [2.05, 4.69) is 0 Å². The molecule has 1 atom stereocenters. The summed E-state index contributed by atoms with van der Waals surface area (Å²) >= 11 is 5.30. The van der Waals surface area contributed by atoms with Gasteiger partial charge in [0.2, 0.25) is 5.67 Å². The zero-order valence-electron chi connectivity index (χ0n) is 7.52. The van der Waals surface area contributed by atoms with Crippen molar-refractivity contribution in [2.75, 3.05) is 0 Å². The Morgan fingerprint density at radius 3 is 2.47 bits per heavy atom. The second-order valence-corrected chi connectivity index (χ2v) is 3.43. The van der Waals surface area contributed by atoms with Crippen molar-refractivity contribution in [2.45, 2.75) is 12.6 Å². The molecule has 0 heterocycles. The summed E-state index contributed by atoms with van der Waals surface area (Å²) in [6.45, 7) is 0.549. The number of rotatable bonds is 2. The predicted molar refractivity (Wildman–Crippen MR) is 47.5 cm³/mol. The van der Waals surface area contributed by atoms with E-state index < -0.39 is 33.9 Å². The quantitative estimate of drug-likeness (QED) is 0.805.